The molecule has 26 heavy (non-hydrogen) atoms. The number of aliphatic hydroxyl groups is 1. The second-order valence-electron chi connectivity index (χ2n) is 6.77. The molecule has 3 rings (SSSR count). The van der Waals surface area contributed by atoms with Gasteiger partial charge in [-0.25, -0.2) is 0 Å². The van der Waals surface area contributed by atoms with Gasteiger partial charge in [0, 0.05) is 17.7 Å². The molecule has 1 amide bonds. The van der Waals surface area contributed by atoms with E-state index in [0.717, 1.165) is 32.1 Å². The summed E-state index contributed by atoms with van der Waals surface area (Å²) >= 11 is 0. The molecule has 1 fully saturated rings. The van der Waals surface area contributed by atoms with Crippen molar-refractivity contribution >= 4 is 11.6 Å². The molecule has 1 saturated carbocycles. The minimum atomic E-state index is -5.01. The zero-order chi connectivity index (χ0) is 18.9. The number of alkyl halides is 3. The first kappa shape index (κ1) is 18.7. The molecular formula is C18H21F3N2O3. The van der Waals surface area contributed by atoms with Crippen LogP contribution in [0.5, 0.6) is 5.75 Å². The second kappa shape index (κ2) is 6.90. The van der Waals surface area contributed by atoms with Gasteiger partial charge in [0.1, 0.15) is 5.75 Å². The van der Waals surface area contributed by atoms with Crippen LogP contribution in [0.2, 0.25) is 0 Å². The average molecular weight is 370 g/mol. The van der Waals surface area contributed by atoms with Crippen LogP contribution < -0.4 is 4.74 Å². The summed E-state index contributed by atoms with van der Waals surface area (Å²) in [4.78, 5) is 12.7. The average Bonchev–Trinajstić information content (AvgIpc) is 3.01. The van der Waals surface area contributed by atoms with Gasteiger partial charge in [-0.2, -0.15) is 23.3 Å². The van der Waals surface area contributed by atoms with Crippen molar-refractivity contribution < 1.29 is 27.8 Å². The summed E-state index contributed by atoms with van der Waals surface area (Å²) in [7, 11) is 1.39. The number of benzene rings is 1. The second-order valence-corrected chi connectivity index (χ2v) is 6.77. The van der Waals surface area contributed by atoms with E-state index in [-0.39, 0.29) is 22.2 Å². The lowest BCUT2D eigenvalue weighted by molar-refractivity contribution is -0.297. The molecule has 1 unspecified atom stereocenters. The first-order valence-corrected chi connectivity index (χ1v) is 8.61. The van der Waals surface area contributed by atoms with Crippen molar-refractivity contribution in [3.05, 3.63) is 29.8 Å². The molecule has 1 aromatic carbocycles. The Bertz CT molecular complexity index is 714. The lowest BCUT2D eigenvalue weighted by Crippen LogP contribution is -2.56. The third-order valence-electron chi connectivity index (χ3n) is 5.05. The molecule has 5 nitrogen and oxygen atoms in total. The standard InChI is InChI=1S/C18H21F3N2O3/c1-26-14-9-5-8-13(10-14)16(24)23-17(25,18(19,20)21)11-15(22-23)12-6-3-2-4-7-12/h5,8-10,12,25H,2-4,6-7,11H2,1H3. The molecule has 1 aliphatic heterocycles. The first-order valence-electron chi connectivity index (χ1n) is 8.61. The number of halogens is 3. The van der Waals surface area contributed by atoms with Gasteiger partial charge in [-0.05, 0) is 37.0 Å². The molecule has 0 saturated heterocycles. The van der Waals surface area contributed by atoms with E-state index in [1.807, 2.05) is 0 Å². The third kappa shape index (κ3) is 3.30. The maximum Gasteiger partial charge on any atom is 0.438 e. The molecule has 0 aromatic heterocycles. The number of amides is 1. The Morgan fingerprint density at radius 2 is 2.00 bits per heavy atom. The highest BCUT2D eigenvalue weighted by Crippen LogP contribution is 2.43. The van der Waals surface area contributed by atoms with E-state index in [1.54, 1.807) is 6.07 Å². The topological polar surface area (TPSA) is 62.1 Å². The van der Waals surface area contributed by atoms with Crippen molar-refractivity contribution in [2.24, 2.45) is 11.0 Å². The van der Waals surface area contributed by atoms with Crippen LogP contribution in [0.1, 0.15) is 48.9 Å². The third-order valence-corrected chi connectivity index (χ3v) is 5.05. The van der Waals surface area contributed by atoms with E-state index in [4.69, 9.17) is 4.74 Å². The van der Waals surface area contributed by atoms with Gasteiger partial charge >= 0.3 is 6.18 Å². The number of carbonyl (C=O) groups is 1. The van der Waals surface area contributed by atoms with Crippen molar-refractivity contribution in [3.8, 4) is 5.75 Å². The maximum absolute atomic E-state index is 13.6. The normalized spacial score (nSPS) is 24.5. The number of ether oxygens (including phenoxy) is 1. The lowest BCUT2D eigenvalue weighted by atomic mass is 9.83. The zero-order valence-corrected chi connectivity index (χ0v) is 14.4. The molecule has 8 heteroatoms. The Morgan fingerprint density at radius 3 is 2.62 bits per heavy atom. The van der Waals surface area contributed by atoms with Gasteiger partial charge in [0.25, 0.3) is 11.6 Å². The number of hydrazone groups is 1. The van der Waals surface area contributed by atoms with Gasteiger partial charge < -0.3 is 9.84 Å². The Morgan fingerprint density at radius 1 is 1.31 bits per heavy atom. The molecule has 1 aliphatic carbocycles. The van der Waals surface area contributed by atoms with Crippen LogP contribution in [0.3, 0.4) is 0 Å². The minimum Gasteiger partial charge on any atom is -0.497 e. The highest BCUT2D eigenvalue weighted by molar-refractivity contribution is 5.99. The molecule has 1 N–H and O–H groups in total. The van der Waals surface area contributed by atoms with E-state index < -0.39 is 24.2 Å². The number of rotatable bonds is 3. The van der Waals surface area contributed by atoms with Crippen molar-refractivity contribution in [1.82, 2.24) is 5.01 Å². The fourth-order valence-electron chi connectivity index (χ4n) is 3.55. The Labute approximate surface area is 149 Å². The largest absolute Gasteiger partial charge is 0.497 e. The van der Waals surface area contributed by atoms with Gasteiger partial charge in [-0.1, -0.05) is 25.3 Å². The van der Waals surface area contributed by atoms with Gasteiger partial charge in [-0.15, -0.1) is 0 Å². The fraction of sp³-hybridized carbons (Fsp3) is 0.556. The maximum atomic E-state index is 13.6. The monoisotopic (exact) mass is 370 g/mol. The van der Waals surface area contributed by atoms with E-state index in [0.29, 0.717) is 5.75 Å². The van der Waals surface area contributed by atoms with Crippen molar-refractivity contribution in [2.45, 2.75) is 50.4 Å². The number of carbonyl (C=O) groups excluding carboxylic acids is 1. The molecule has 0 bridgehead atoms. The first-order chi connectivity index (χ1) is 12.3. The van der Waals surface area contributed by atoms with E-state index in [1.165, 1.54) is 25.3 Å². The Hall–Kier alpha value is -2.09. The molecule has 0 radical (unpaired) electrons. The van der Waals surface area contributed by atoms with Crippen LogP contribution in [-0.2, 0) is 0 Å². The Kier molecular flexibility index (Phi) is 4.96. The number of methoxy groups -OCH3 is 1. The van der Waals surface area contributed by atoms with Crippen molar-refractivity contribution in [2.75, 3.05) is 7.11 Å². The quantitative estimate of drug-likeness (QED) is 0.882. The van der Waals surface area contributed by atoms with Crippen LogP contribution in [-0.4, -0.2) is 40.7 Å². The van der Waals surface area contributed by atoms with Gasteiger partial charge in [0.05, 0.1) is 7.11 Å². The van der Waals surface area contributed by atoms with Crippen LogP contribution in [0.15, 0.2) is 29.4 Å². The number of nitrogens with zero attached hydrogens (tertiary/aromatic N) is 2. The summed E-state index contributed by atoms with van der Waals surface area (Å²) in [6.45, 7) is 0. The minimum absolute atomic E-state index is 0.0272. The summed E-state index contributed by atoms with van der Waals surface area (Å²) in [5, 5.41) is 14.5. The fourth-order valence-corrected chi connectivity index (χ4v) is 3.55. The van der Waals surface area contributed by atoms with Gasteiger partial charge in [-0.3, -0.25) is 4.79 Å². The van der Waals surface area contributed by atoms with Crippen LogP contribution >= 0.6 is 0 Å². The SMILES string of the molecule is COc1cccc(C(=O)N2N=C(C3CCCCC3)CC2(O)C(F)(F)F)c1. The van der Waals surface area contributed by atoms with Crippen LogP contribution in [0, 0.1) is 5.92 Å². The highest BCUT2D eigenvalue weighted by Gasteiger charge is 2.63. The Balaban J connectivity index is 1.96. The number of hydrogen-bond donors (Lipinski definition) is 1. The molecular weight excluding hydrogens is 349 g/mol. The van der Waals surface area contributed by atoms with Gasteiger partial charge in [0.15, 0.2) is 0 Å². The summed E-state index contributed by atoms with van der Waals surface area (Å²) in [6, 6.07) is 5.77. The van der Waals surface area contributed by atoms with E-state index in [9.17, 15) is 23.1 Å². The van der Waals surface area contributed by atoms with Crippen LogP contribution in [0.4, 0.5) is 13.2 Å². The van der Waals surface area contributed by atoms with Gasteiger partial charge in [0.2, 0.25) is 0 Å². The molecule has 0 spiro atoms. The smallest absolute Gasteiger partial charge is 0.438 e. The van der Waals surface area contributed by atoms with E-state index in [2.05, 4.69) is 5.10 Å². The zero-order valence-electron chi connectivity index (χ0n) is 14.4. The van der Waals surface area contributed by atoms with Crippen molar-refractivity contribution in [3.63, 3.8) is 0 Å². The summed E-state index contributed by atoms with van der Waals surface area (Å²) < 4.78 is 45.9. The summed E-state index contributed by atoms with van der Waals surface area (Å²) in [6.07, 6.45) is -1.38. The predicted octanol–water partition coefficient (Wildman–Crippen LogP) is 3.73. The number of hydrogen-bond acceptors (Lipinski definition) is 4. The molecule has 2 aliphatic rings. The lowest BCUT2D eigenvalue weighted by Gasteiger charge is -2.32. The summed E-state index contributed by atoms with van der Waals surface area (Å²) in [5.41, 5.74) is -3.10. The summed E-state index contributed by atoms with van der Waals surface area (Å²) in [5.74, 6) is -0.794. The van der Waals surface area contributed by atoms with E-state index >= 15 is 0 Å². The van der Waals surface area contributed by atoms with Crippen LogP contribution in [0.25, 0.3) is 0 Å². The predicted molar refractivity (Wildman–Crippen MR) is 88.8 cm³/mol. The molecule has 1 atom stereocenters. The highest BCUT2D eigenvalue weighted by atomic mass is 19.4. The molecule has 142 valence electrons. The molecule has 1 heterocycles. The molecule has 1 aromatic rings. The van der Waals surface area contributed by atoms with Crippen molar-refractivity contribution in [1.29, 1.82) is 0 Å².